The minimum Gasteiger partial charge on any atom is -0.300 e. The van der Waals surface area contributed by atoms with Crippen molar-refractivity contribution in [1.29, 1.82) is 0 Å². The molecular weight excluding hydrogens is 411 g/mol. The summed E-state index contributed by atoms with van der Waals surface area (Å²) in [5.74, 6) is -1.33. The van der Waals surface area contributed by atoms with E-state index in [1.165, 1.54) is 12.1 Å². The van der Waals surface area contributed by atoms with Crippen molar-refractivity contribution in [2.45, 2.75) is 18.2 Å². The molecule has 1 heterocycles. The largest absolute Gasteiger partial charge is 0.300 e. The van der Waals surface area contributed by atoms with E-state index in [-0.39, 0.29) is 27.0 Å². The molecule has 1 aromatic carbocycles. The monoisotopic (exact) mass is 422 g/mol. The van der Waals surface area contributed by atoms with Gasteiger partial charge in [0, 0.05) is 10.4 Å². The third-order valence-electron chi connectivity index (χ3n) is 2.57. The molecular formula is C12H12BrFN4O3S2. The van der Waals surface area contributed by atoms with Crippen LogP contribution in [0.2, 0.25) is 0 Å². The molecule has 0 aliphatic carbocycles. The van der Waals surface area contributed by atoms with Gasteiger partial charge in [-0.2, -0.15) is 8.42 Å². The van der Waals surface area contributed by atoms with E-state index in [1.54, 1.807) is 13.8 Å². The molecule has 0 aliphatic heterocycles. The lowest BCUT2D eigenvalue weighted by Crippen LogP contribution is -2.17. The van der Waals surface area contributed by atoms with Crippen LogP contribution in [0.1, 0.15) is 13.8 Å². The zero-order valence-corrected chi connectivity index (χ0v) is 15.2. The number of amides is 1. The number of hydrogen-bond donors (Lipinski definition) is 2. The molecule has 0 atom stereocenters. The average Bonchev–Trinajstić information content (AvgIpc) is 2.91. The highest BCUT2D eigenvalue weighted by molar-refractivity contribution is 9.10. The van der Waals surface area contributed by atoms with Crippen LogP contribution in [0.4, 0.5) is 15.2 Å². The number of rotatable bonds is 5. The smallest absolute Gasteiger partial charge is 0.291 e. The number of anilines is 2. The van der Waals surface area contributed by atoms with Gasteiger partial charge in [-0.3, -0.25) is 9.52 Å². The van der Waals surface area contributed by atoms with Crippen LogP contribution < -0.4 is 10.0 Å². The Bertz CT molecular complexity index is 839. The zero-order chi connectivity index (χ0) is 17.2. The van der Waals surface area contributed by atoms with Gasteiger partial charge in [0.05, 0.1) is 5.69 Å². The van der Waals surface area contributed by atoms with Crippen LogP contribution >= 0.6 is 27.3 Å². The summed E-state index contributed by atoms with van der Waals surface area (Å²) in [7, 11) is -4.10. The fourth-order valence-corrected chi connectivity index (χ4v) is 3.68. The second-order valence-corrected chi connectivity index (χ2v) is 8.50. The summed E-state index contributed by atoms with van der Waals surface area (Å²) < 4.78 is 40.3. The first-order valence-corrected chi connectivity index (χ1v) is 9.40. The molecule has 2 N–H and O–H groups in total. The molecule has 0 unspecified atom stereocenters. The van der Waals surface area contributed by atoms with Gasteiger partial charge in [-0.25, -0.2) is 4.39 Å². The molecule has 2 aromatic rings. The average molecular weight is 423 g/mol. The lowest BCUT2D eigenvalue weighted by atomic mass is 10.2. The lowest BCUT2D eigenvalue weighted by Gasteiger charge is -2.06. The molecule has 1 amide bonds. The van der Waals surface area contributed by atoms with Gasteiger partial charge in [-0.05, 0) is 18.2 Å². The van der Waals surface area contributed by atoms with Crippen molar-refractivity contribution in [3.8, 4) is 0 Å². The summed E-state index contributed by atoms with van der Waals surface area (Å²) in [6.45, 7) is 3.37. The van der Waals surface area contributed by atoms with Crippen molar-refractivity contribution in [2.75, 3.05) is 10.0 Å². The van der Waals surface area contributed by atoms with E-state index in [0.717, 1.165) is 6.07 Å². The molecule has 0 bridgehead atoms. The number of hydrogen-bond acceptors (Lipinski definition) is 6. The van der Waals surface area contributed by atoms with Crippen LogP contribution in [0.5, 0.6) is 0 Å². The zero-order valence-electron chi connectivity index (χ0n) is 12.0. The van der Waals surface area contributed by atoms with Gasteiger partial charge in [0.15, 0.2) is 0 Å². The number of aromatic nitrogens is 2. The Balaban J connectivity index is 2.20. The number of halogens is 2. The number of carbonyl (C=O) groups is 1. The van der Waals surface area contributed by atoms with Gasteiger partial charge in [0.2, 0.25) is 11.0 Å². The van der Waals surface area contributed by atoms with Gasteiger partial charge in [-0.1, -0.05) is 41.1 Å². The Labute approximate surface area is 144 Å². The SMILES string of the molecule is CC(C)C(=O)Nc1nnc(S(=O)(=O)Nc2ccc(Br)cc2F)s1. The Kier molecular flexibility index (Phi) is 5.32. The van der Waals surface area contributed by atoms with E-state index < -0.39 is 15.8 Å². The first-order chi connectivity index (χ1) is 10.7. The highest BCUT2D eigenvalue weighted by Gasteiger charge is 2.22. The highest BCUT2D eigenvalue weighted by atomic mass is 79.9. The maximum Gasteiger partial charge on any atom is 0.291 e. The van der Waals surface area contributed by atoms with Crippen LogP contribution in [0.3, 0.4) is 0 Å². The van der Waals surface area contributed by atoms with Crippen LogP contribution in [0.25, 0.3) is 0 Å². The van der Waals surface area contributed by atoms with Crippen LogP contribution in [0, 0.1) is 11.7 Å². The Hall–Kier alpha value is -1.59. The maximum absolute atomic E-state index is 13.7. The predicted octanol–water partition coefficient (Wildman–Crippen LogP) is 2.83. The summed E-state index contributed by atoms with van der Waals surface area (Å²) in [6, 6.07) is 3.90. The fraction of sp³-hybridized carbons (Fsp3) is 0.250. The molecule has 1 aromatic heterocycles. The number of carbonyl (C=O) groups excluding carboxylic acids is 1. The summed E-state index contributed by atoms with van der Waals surface area (Å²) in [5, 5.41) is 9.62. The Morgan fingerprint density at radius 3 is 2.65 bits per heavy atom. The lowest BCUT2D eigenvalue weighted by molar-refractivity contribution is -0.118. The molecule has 2 rings (SSSR count). The van der Waals surface area contributed by atoms with Crippen molar-refractivity contribution in [1.82, 2.24) is 10.2 Å². The van der Waals surface area contributed by atoms with Gasteiger partial charge in [0.25, 0.3) is 14.4 Å². The van der Waals surface area contributed by atoms with Gasteiger partial charge >= 0.3 is 0 Å². The highest BCUT2D eigenvalue weighted by Crippen LogP contribution is 2.25. The Morgan fingerprint density at radius 2 is 2.04 bits per heavy atom. The molecule has 7 nitrogen and oxygen atoms in total. The van der Waals surface area contributed by atoms with Gasteiger partial charge in [-0.15, -0.1) is 10.2 Å². The van der Waals surface area contributed by atoms with Gasteiger partial charge in [0.1, 0.15) is 5.82 Å². The van der Waals surface area contributed by atoms with Crippen molar-refractivity contribution in [3.63, 3.8) is 0 Å². The molecule has 0 spiro atoms. The van der Waals surface area contributed by atoms with E-state index in [0.29, 0.717) is 15.8 Å². The molecule has 0 saturated carbocycles. The van der Waals surface area contributed by atoms with E-state index in [1.807, 2.05) is 0 Å². The quantitative estimate of drug-likeness (QED) is 0.721. The van der Waals surface area contributed by atoms with Crippen molar-refractivity contribution >= 4 is 54.0 Å². The molecule has 0 aliphatic rings. The first kappa shape index (κ1) is 17.8. The molecule has 0 radical (unpaired) electrons. The second kappa shape index (κ2) is 6.89. The van der Waals surface area contributed by atoms with Crippen molar-refractivity contribution in [3.05, 3.63) is 28.5 Å². The third-order valence-corrected chi connectivity index (χ3v) is 5.63. The topological polar surface area (TPSA) is 101 Å². The number of sulfonamides is 1. The van der Waals surface area contributed by atoms with Crippen LogP contribution in [-0.2, 0) is 14.8 Å². The first-order valence-electron chi connectivity index (χ1n) is 6.31. The number of nitrogens with zero attached hydrogens (tertiary/aromatic N) is 2. The summed E-state index contributed by atoms with van der Waals surface area (Å²) in [4.78, 5) is 11.5. The van der Waals surface area contributed by atoms with E-state index in [2.05, 4.69) is 36.2 Å². The molecule has 11 heteroatoms. The molecule has 124 valence electrons. The Morgan fingerprint density at radius 1 is 1.35 bits per heavy atom. The summed E-state index contributed by atoms with van der Waals surface area (Å²) in [5.41, 5.74) is -0.212. The molecule has 23 heavy (non-hydrogen) atoms. The number of benzene rings is 1. The summed E-state index contributed by atoms with van der Waals surface area (Å²) >= 11 is 3.76. The third kappa shape index (κ3) is 4.45. The second-order valence-electron chi connectivity index (χ2n) is 4.75. The van der Waals surface area contributed by atoms with Crippen LogP contribution in [0.15, 0.2) is 27.0 Å². The van der Waals surface area contributed by atoms with E-state index >= 15 is 0 Å². The summed E-state index contributed by atoms with van der Waals surface area (Å²) in [6.07, 6.45) is 0. The number of nitrogens with one attached hydrogen (secondary N) is 2. The normalized spacial score (nSPS) is 11.5. The van der Waals surface area contributed by atoms with Gasteiger partial charge < -0.3 is 5.32 Å². The van der Waals surface area contributed by atoms with Crippen molar-refractivity contribution < 1.29 is 17.6 Å². The van der Waals surface area contributed by atoms with E-state index in [9.17, 15) is 17.6 Å². The standard InChI is InChI=1S/C12H12BrFN4O3S2/c1-6(2)10(19)15-11-16-17-12(22-11)23(20,21)18-9-4-3-7(13)5-8(9)14/h3-6,18H,1-2H3,(H,15,16,19). The predicted molar refractivity (Wildman–Crippen MR) is 88.3 cm³/mol. The molecule has 0 fully saturated rings. The maximum atomic E-state index is 13.7. The molecule has 0 saturated heterocycles. The van der Waals surface area contributed by atoms with Crippen molar-refractivity contribution in [2.24, 2.45) is 5.92 Å². The minimum atomic E-state index is -4.10. The van der Waals surface area contributed by atoms with Crippen LogP contribution in [-0.4, -0.2) is 24.5 Å². The van der Waals surface area contributed by atoms with E-state index in [4.69, 9.17) is 0 Å². The fourth-order valence-electron chi connectivity index (χ4n) is 1.38. The minimum absolute atomic E-state index is 0.0559.